The second-order valence-electron chi connectivity index (χ2n) is 7.26. The van der Waals surface area contributed by atoms with Gasteiger partial charge in [-0.3, -0.25) is 4.79 Å². The molecule has 31 heavy (non-hydrogen) atoms. The van der Waals surface area contributed by atoms with Gasteiger partial charge in [-0.05, 0) is 47.2 Å². The van der Waals surface area contributed by atoms with Gasteiger partial charge in [-0.2, -0.15) is 0 Å². The number of carbonyl (C=O) groups excluding carboxylic acids is 1. The molecule has 0 aliphatic heterocycles. The van der Waals surface area contributed by atoms with Crippen LogP contribution in [-0.2, 0) is 17.9 Å². The molecule has 5 heteroatoms. The minimum Gasteiger partial charge on any atom is -0.488 e. The summed E-state index contributed by atoms with van der Waals surface area (Å²) in [5.41, 5.74) is 3.76. The normalized spacial score (nSPS) is 10.6. The quantitative estimate of drug-likeness (QED) is 0.345. The summed E-state index contributed by atoms with van der Waals surface area (Å²) in [4.78, 5) is 11.2. The van der Waals surface area contributed by atoms with E-state index in [0.29, 0.717) is 18.2 Å². The molecule has 0 spiro atoms. The van der Waals surface area contributed by atoms with E-state index in [4.69, 9.17) is 16.3 Å². The summed E-state index contributed by atoms with van der Waals surface area (Å²) in [5.74, 6) is 0.734. The molecule has 1 amide bonds. The molecule has 0 radical (unpaired) electrons. The molecule has 0 fully saturated rings. The molecule has 0 saturated heterocycles. The van der Waals surface area contributed by atoms with Crippen molar-refractivity contribution in [2.75, 3.05) is 10.6 Å². The highest BCUT2D eigenvalue weighted by molar-refractivity contribution is 6.31. The number of hydrogen-bond acceptors (Lipinski definition) is 3. The molecule has 0 aliphatic rings. The lowest BCUT2D eigenvalue weighted by molar-refractivity contribution is -0.114. The number of carbonyl (C=O) groups is 1. The molecule has 4 aromatic rings. The zero-order valence-electron chi connectivity index (χ0n) is 17.2. The van der Waals surface area contributed by atoms with Crippen molar-refractivity contribution in [2.24, 2.45) is 0 Å². The first kappa shape index (κ1) is 20.8. The Hall–Kier alpha value is -3.50. The molecule has 156 valence electrons. The first-order chi connectivity index (χ1) is 15.1. The van der Waals surface area contributed by atoms with E-state index in [1.807, 2.05) is 66.7 Å². The van der Waals surface area contributed by atoms with Crippen molar-refractivity contribution >= 4 is 39.7 Å². The molecule has 4 aromatic carbocycles. The predicted molar refractivity (Wildman–Crippen MR) is 128 cm³/mol. The molecular weight excluding hydrogens is 408 g/mol. The summed E-state index contributed by atoms with van der Waals surface area (Å²) in [6, 6.07) is 27.7. The third kappa shape index (κ3) is 5.16. The Morgan fingerprint density at radius 3 is 2.35 bits per heavy atom. The van der Waals surface area contributed by atoms with E-state index in [1.165, 1.54) is 6.92 Å². The smallest absolute Gasteiger partial charge is 0.221 e. The van der Waals surface area contributed by atoms with Gasteiger partial charge in [-0.15, -0.1) is 0 Å². The Kier molecular flexibility index (Phi) is 6.39. The van der Waals surface area contributed by atoms with Crippen LogP contribution in [0.3, 0.4) is 0 Å². The lowest BCUT2D eigenvalue weighted by atomic mass is 10.0. The molecule has 0 heterocycles. The monoisotopic (exact) mass is 430 g/mol. The second kappa shape index (κ2) is 9.54. The number of halogens is 1. The lowest BCUT2D eigenvalue weighted by Crippen LogP contribution is -2.06. The fraction of sp³-hybridized carbons (Fsp3) is 0.115. The highest BCUT2D eigenvalue weighted by atomic mass is 35.5. The van der Waals surface area contributed by atoms with Crippen LogP contribution in [0.2, 0.25) is 5.02 Å². The zero-order valence-corrected chi connectivity index (χ0v) is 17.9. The number of anilines is 2. The zero-order chi connectivity index (χ0) is 21.6. The Morgan fingerprint density at radius 1 is 0.871 bits per heavy atom. The van der Waals surface area contributed by atoms with Gasteiger partial charge in [-0.25, -0.2) is 0 Å². The molecule has 0 saturated carbocycles. The van der Waals surface area contributed by atoms with Crippen LogP contribution in [0.1, 0.15) is 18.1 Å². The number of hydrogen-bond donors (Lipinski definition) is 2. The van der Waals surface area contributed by atoms with Crippen molar-refractivity contribution < 1.29 is 9.53 Å². The lowest BCUT2D eigenvalue weighted by Gasteiger charge is -2.16. The van der Waals surface area contributed by atoms with Gasteiger partial charge >= 0.3 is 0 Å². The van der Waals surface area contributed by atoms with E-state index >= 15 is 0 Å². The summed E-state index contributed by atoms with van der Waals surface area (Å²) in [6.45, 7) is 2.49. The summed E-state index contributed by atoms with van der Waals surface area (Å²) < 4.78 is 6.19. The minimum atomic E-state index is -0.0863. The third-order valence-corrected chi connectivity index (χ3v) is 5.38. The van der Waals surface area contributed by atoms with Gasteiger partial charge in [0.25, 0.3) is 0 Å². The van der Waals surface area contributed by atoms with Crippen molar-refractivity contribution in [1.82, 2.24) is 0 Å². The summed E-state index contributed by atoms with van der Waals surface area (Å²) in [7, 11) is 0. The van der Waals surface area contributed by atoms with Crippen molar-refractivity contribution in [3.63, 3.8) is 0 Å². The van der Waals surface area contributed by atoms with E-state index in [1.54, 1.807) is 0 Å². The van der Waals surface area contributed by atoms with Gasteiger partial charge in [0, 0.05) is 41.0 Å². The Morgan fingerprint density at radius 2 is 1.58 bits per heavy atom. The Balaban J connectivity index is 1.56. The van der Waals surface area contributed by atoms with Crippen LogP contribution < -0.4 is 15.4 Å². The van der Waals surface area contributed by atoms with Crippen LogP contribution >= 0.6 is 11.6 Å². The first-order valence-corrected chi connectivity index (χ1v) is 10.5. The molecule has 0 bridgehead atoms. The molecule has 2 N–H and O–H groups in total. The van der Waals surface area contributed by atoms with Crippen molar-refractivity contribution in [3.8, 4) is 5.75 Å². The Labute approximate surface area is 186 Å². The van der Waals surface area contributed by atoms with Crippen LogP contribution in [0.15, 0.2) is 84.9 Å². The van der Waals surface area contributed by atoms with Crippen LogP contribution in [0.25, 0.3) is 10.8 Å². The molecule has 0 aromatic heterocycles. The fourth-order valence-electron chi connectivity index (χ4n) is 3.47. The van der Waals surface area contributed by atoms with Gasteiger partial charge in [0.15, 0.2) is 0 Å². The Bertz CT molecular complexity index is 1210. The third-order valence-electron chi connectivity index (χ3n) is 5.01. The highest BCUT2D eigenvalue weighted by Crippen LogP contribution is 2.30. The first-order valence-electron chi connectivity index (χ1n) is 10.1. The minimum absolute atomic E-state index is 0.0863. The van der Waals surface area contributed by atoms with E-state index in [2.05, 4.69) is 28.8 Å². The van der Waals surface area contributed by atoms with Gasteiger partial charge in [0.1, 0.15) is 12.4 Å². The number of fused-ring (bicyclic) bond motifs is 1. The molecule has 0 unspecified atom stereocenters. The predicted octanol–water partition coefficient (Wildman–Crippen LogP) is 6.64. The molecular formula is C26H23ClN2O2. The van der Waals surface area contributed by atoms with Gasteiger partial charge in [0.05, 0.1) is 0 Å². The number of nitrogens with one attached hydrogen (secondary N) is 2. The van der Waals surface area contributed by atoms with E-state index in [9.17, 15) is 4.79 Å². The average Bonchev–Trinajstić information content (AvgIpc) is 2.78. The van der Waals surface area contributed by atoms with Crippen LogP contribution in [-0.4, -0.2) is 5.91 Å². The van der Waals surface area contributed by atoms with Gasteiger partial charge in [-0.1, -0.05) is 60.1 Å². The summed E-state index contributed by atoms with van der Waals surface area (Å²) in [6.07, 6.45) is 0. The van der Waals surface area contributed by atoms with Gasteiger partial charge < -0.3 is 15.4 Å². The standard InChI is InChI=1S/C26H23ClN2O2/c1-18(30)29-22-13-11-21(12-14-22)28-16-24-23-8-4-2-6-19(23)10-15-26(24)31-17-20-7-3-5-9-25(20)27/h2-15,28H,16-17H2,1H3,(H,29,30). The maximum Gasteiger partial charge on any atom is 0.221 e. The molecule has 4 rings (SSSR count). The summed E-state index contributed by atoms with van der Waals surface area (Å²) >= 11 is 6.29. The maximum atomic E-state index is 11.2. The number of amides is 1. The fourth-order valence-corrected chi connectivity index (χ4v) is 3.66. The number of rotatable bonds is 7. The van der Waals surface area contributed by atoms with E-state index < -0.39 is 0 Å². The van der Waals surface area contributed by atoms with Crippen molar-refractivity contribution in [1.29, 1.82) is 0 Å². The number of benzene rings is 4. The largest absolute Gasteiger partial charge is 0.488 e. The van der Waals surface area contributed by atoms with Crippen molar-refractivity contribution in [2.45, 2.75) is 20.1 Å². The average molecular weight is 431 g/mol. The maximum absolute atomic E-state index is 11.2. The van der Waals surface area contributed by atoms with Crippen LogP contribution in [0, 0.1) is 0 Å². The molecule has 4 nitrogen and oxygen atoms in total. The topological polar surface area (TPSA) is 50.4 Å². The SMILES string of the molecule is CC(=O)Nc1ccc(NCc2c(OCc3ccccc3Cl)ccc3ccccc23)cc1. The summed E-state index contributed by atoms with van der Waals surface area (Å²) in [5, 5.41) is 9.24. The van der Waals surface area contributed by atoms with Crippen LogP contribution in [0.5, 0.6) is 5.75 Å². The van der Waals surface area contributed by atoms with Crippen LogP contribution in [0.4, 0.5) is 11.4 Å². The highest BCUT2D eigenvalue weighted by Gasteiger charge is 2.10. The van der Waals surface area contributed by atoms with E-state index in [-0.39, 0.29) is 5.91 Å². The second-order valence-corrected chi connectivity index (χ2v) is 7.66. The molecule has 0 aliphatic carbocycles. The van der Waals surface area contributed by atoms with E-state index in [0.717, 1.165) is 39.0 Å². The number of ether oxygens (including phenoxy) is 1. The van der Waals surface area contributed by atoms with Gasteiger partial charge in [0.2, 0.25) is 5.91 Å². The molecule has 0 atom stereocenters. The van der Waals surface area contributed by atoms with Crippen molar-refractivity contribution in [3.05, 3.63) is 101 Å².